The Morgan fingerprint density at radius 3 is 2.35 bits per heavy atom. The molecular weight excluding hydrogens is 212 g/mol. The van der Waals surface area contributed by atoms with Gasteiger partial charge in [0, 0.05) is 19.5 Å². The Morgan fingerprint density at radius 1 is 1.12 bits per heavy atom. The van der Waals surface area contributed by atoms with Crippen molar-refractivity contribution in [1.29, 1.82) is 0 Å². The predicted octanol–water partition coefficient (Wildman–Crippen LogP) is 1.86. The lowest BCUT2D eigenvalue weighted by Crippen LogP contribution is -2.27. The maximum absolute atomic E-state index is 11.5. The van der Waals surface area contributed by atoms with Gasteiger partial charge >= 0.3 is 0 Å². The van der Waals surface area contributed by atoms with Crippen LogP contribution in [0.4, 0.5) is 0 Å². The van der Waals surface area contributed by atoms with Crippen LogP contribution in [0.5, 0.6) is 0 Å². The zero-order valence-corrected chi connectivity index (χ0v) is 10.8. The molecule has 3 nitrogen and oxygen atoms in total. The Morgan fingerprint density at radius 2 is 1.76 bits per heavy atom. The molecular formula is C14H22N2O. The lowest BCUT2D eigenvalue weighted by Gasteiger charge is -2.06. The van der Waals surface area contributed by atoms with E-state index in [-0.39, 0.29) is 5.91 Å². The second-order valence-corrected chi connectivity index (χ2v) is 4.05. The second kappa shape index (κ2) is 7.85. The van der Waals surface area contributed by atoms with Crippen LogP contribution in [-0.2, 0) is 17.8 Å². The summed E-state index contributed by atoms with van der Waals surface area (Å²) in [5.41, 5.74) is 2.48. The van der Waals surface area contributed by atoms with Gasteiger partial charge in [-0.2, -0.15) is 0 Å². The molecule has 1 aromatic rings. The van der Waals surface area contributed by atoms with Gasteiger partial charge in [-0.1, -0.05) is 38.1 Å². The molecule has 0 radical (unpaired) electrons. The van der Waals surface area contributed by atoms with E-state index in [0.29, 0.717) is 13.0 Å². The number of benzene rings is 1. The molecule has 0 unspecified atom stereocenters. The molecule has 0 bridgehead atoms. The molecule has 0 aliphatic rings. The third kappa shape index (κ3) is 5.50. The zero-order chi connectivity index (χ0) is 12.5. The molecule has 0 spiro atoms. The quantitative estimate of drug-likeness (QED) is 0.707. The van der Waals surface area contributed by atoms with Gasteiger partial charge in [0.25, 0.3) is 0 Å². The van der Waals surface area contributed by atoms with Crippen LogP contribution in [0.15, 0.2) is 24.3 Å². The molecule has 1 aromatic carbocycles. The molecule has 0 aliphatic carbocycles. The van der Waals surface area contributed by atoms with Crippen LogP contribution in [0, 0.1) is 0 Å². The lowest BCUT2D eigenvalue weighted by molar-refractivity contribution is -0.121. The van der Waals surface area contributed by atoms with E-state index >= 15 is 0 Å². The molecule has 0 aromatic heterocycles. The Balaban J connectivity index is 2.27. The smallest absolute Gasteiger partial charge is 0.221 e. The number of nitrogens with one attached hydrogen (secondary N) is 2. The summed E-state index contributed by atoms with van der Waals surface area (Å²) < 4.78 is 0. The normalized spacial score (nSPS) is 10.2. The van der Waals surface area contributed by atoms with Gasteiger partial charge in [0.1, 0.15) is 0 Å². The third-order valence-electron chi connectivity index (χ3n) is 2.70. The highest BCUT2D eigenvalue weighted by atomic mass is 16.1. The number of carbonyl (C=O) groups excluding carboxylic acids is 1. The Kier molecular flexibility index (Phi) is 6.33. The van der Waals surface area contributed by atoms with Gasteiger partial charge in [0.2, 0.25) is 5.91 Å². The van der Waals surface area contributed by atoms with Crippen molar-refractivity contribution in [3.63, 3.8) is 0 Å². The zero-order valence-electron chi connectivity index (χ0n) is 10.8. The maximum atomic E-state index is 11.5. The summed E-state index contributed by atoms with van der Waals surface area (Å²) in [5.74, 6) is 0.102. The van der Waals surface area contributed by atoms with Crippen LogP contribution in [0.1, 0.15) is 31.4 Å². The second-order valence-electron chi connectivity index (χ2n) is 4.05. The number of amides is 1. The molecule has 0 heterocycles. The van der Waals surface area contributed by atoms with E-state index in [1.54, 1.807) is 0 Å². The SMILES string of the molecule is CCNCCC(=O)NCc1ccc(CC)cc1. The van der Waals surface area contributed by atoms with Crippen LogP contribution in [0.2, 0.25) is 0 Å². The predicted molar refractivity (Wildman–Crippen MR) is 70.8 cm³/mol. The number of hydrogen-bond acceptors (Lipinski definition) is 2. The van der Waals surface area contributed by atoms with Gasteiger partial charge in [-0.15, -0.1) is 0 Å². The van der Waals surface area contributed by atoms with Crippen LogP contribution in [0.3, 0.4) is 0 Å². The summed E-state index contributed by atoms with van der Waals surface area (Å²) in [5, 5.41) is 6.05. The first-order valence-electron chi connectivity index (χ1n) is 6.31. The Labute approximate surface area is 104 Å². The first-order chi connectivity index (χ1) is 8.26. The van der Waals surface area contributed by atoms with Crippen molar-refractivity contribution in [2.45, 2.75) is 33.2 Å². The van der Waals surface area contributed by atoms with Crippen LogP contribution < -0.4 is 10.6 Å². The summed E-state index contributed by atoms with van der Waals surface area (Å²) in [6.07, 6.45) is 1.59. The Bertz CT molecular complexity index is 333. The average molecular weight is 234 g/mol. The van der Waals surface area contributed by atoms with E-state index in [4.69, 9.17) is 0 Å². The van der Waals surface area contributed by atoms with Crippen LogP contribution in [-0.4, -0.2) is 19.0 Å². The van der Waals surface area contributed by atoms with Crippen molar-refractivity contribution >= 4 is 5.91 Å². The van der Waals surface area contributed by atoms with Crippen molar-refractivity contribution in [2.24, 2.45) is 0 Å². The fourth-order valence-electron chi connectivity index (χ4n) is 1.56. The largest absolute Gasteiger partial charge is 0.352 e. The molecule has 0 saturated heterocycles. The van der Waals surface area contributed by atoms with E-state index in [2.05, 4.69) is 41.8 Å². The van der Waals surface area contributed by atoms with E-state index in [0.717, 1.165) is 25.1 Å². The van der Waals surface area contributed by atoms with Gasteiger partial charge in [-0.25, -0.2) is 0 Å². The Hall–Kier alpha value is -1.35. The molecule has 94 valence electrons. The van der Waals surface area contributed by atoms with Crippen molar-refractivity contribution in [1.82, 2.24) is 10.6 Å². The molecule has 1 rings (SSSR count). The summed E-state index contributed by atoms with van der Waals surface area (Å²) in [6.45, 7) is 6.45. The highest BCUT2D eigenvalue weighted by Crippen LogP contribution is 2.04. The molecule has 0 atom stereocenters. The minimum absolute atomic E-state index is 0.102. The number of aryl methyl sites for hydroxylation is 1. The molecule has 3 heteroatoms. The van der Waals surface area contributed by atoms with Gasteiger partial charge in [0.15, 0.2) is 0 Å². The molecule has 0 fully saturated rings. The van der Waals surface area contributed by atoms with Crippen molar-refractivity contribution in [3.8, 4) is 0 Å². The van der Waals surface area contributed by atoms with E-state index in [1.807, 2.05) is 6.92 Å². The van der Waals surface area contributed by atoms with E-state index in [1.165, 1.54) is 5.56 Å². The average Bonchev–Trinajstić information content (AvgIpc) is 2.37. The van der Waals surface area contributed by atoms with Gasteiger partial charge < -0.3 is 10.6 Å². The minimum atomic E-state index is 0.102. The van der Waals surface area contributed by atoms with Crippen LogP contribution >= 0.6 is 0 Å². The number of hydrogen-bond donors (Lipinski definition) is 2. The maximum Gasteiger partial charge on any atom is 0.221 e. The third-order valence-corrected chi connectivity index (χ3v) is 2.70. The summed E-state index contributed by atoms with van der Waals surface area (Å²) in [6, 6.07) is 8.37. The first-order valence-corrected chi connectivity index (χ1v) is 6.31. The summed E-state index contributed by atoms with van der Waals surface area (Å²) in [4.78, 5) is 11.5. The van der Waals surface area contributed by atoms with E-state index < -0.39 is 0 Å². The standard InChI is InChI=1S/C14H22N2O/c1-3-12-5-7-13(8-6-12)11-16-14(17)9-10-15-4-2/h5-8,15H,3-4,9-11H2,1-2H3,(H,16,17). The first kappa shape index (κ1) is 13.7. The topological polar surface area (TPSA) is 41.1 Å². The van der Waals surface area contributed by atoms with Gasteiger partial charge in [-0.05, 0) is 24.1 Å². The highest BCUT2D eigenvalue weighted by Gasteiger charge is 2.00. The van der Waals surface area contributed by atoms with Crippen LogP contribution in [0.25, 0.3) is 0 Å². The van der Waals surface area contributed by atoms with Crippen molar-refractivity contribution < 1.29 is 4.79 Å². The fraction of sp³-hybridized carbons (Fsp3) is 0.500. The lowest BCUT2D eigenvalue weighted by atomic mass is 10.1. The van der Waals surface area contributed by atoms with E-state index in [9.17, 15) is 4.79 Å². The molecule has 0 aliphatic heterocycles. The highest BCUT2D eigenvalue weighted by molar-refractivity contribution is 5.76. The van der Waals surface area contributed by atoms with Crippen molar-refractivity contribution in [2.75, 3.05) is 13.1 Å². The monoisotopic (exact) mass is 234 g/mol. The summed E-state index contributed by atoms with van der Waals surface area (Å²) >= 11 is 0. The molecule has 17 heavy (non-hydrogen) atoms. The molecule has 0 saturated carbocycles. The van der Waals surface area contributed by atoms with Crippen molar-refractivity contribution in [3.05, 3.63) is 35.4 Å². The number of rotatable bonds is 7. The number of carbonyl (C=O) groups is 1. The summed E-state index contributed by atoms with van der Waals surface area (Å²) in [7, 11) is 0. The molecule has 1 amide bonds. The van der Waals surface area contributed by atoms with Gasteiger partial charge in [0.05, 0.1) is 0 Å². The minimum Gasteiger partial charge on any atom is -0.352 e. The molecule has 2 N–H and O–H groups in total. The fourth-order valence-corrected chi connectivity index (χ4v) is 1.56. The van der Waals surface area contributed by atoms with Gasteiger partial charge in [-0.3, -0.25) is 4.79 Å².